The van der Waals surface area contributed by atoms with Crippen LogP contribution in [0.3, 0.4) is 0 Å². The van der Waals surface area contributed by atoms with E-state index < -0.39 is 11.7 Å². The van der Waals surface area contributed by atoms with Crippen molar-refractivity contribution in [1.82, 2.24) is 5.32 Å². The number of hydrogen-bond acceptors (Lipinski definition) is 2. The molecule has 0 saturated heterocycles. The van der Waals surface area contributed by atoms with E-state index in [-0.39, 0.29) is 11.7 Å². The van der Waals surface area contributed by atoms with Gasteiger partial charge >= 0.3 is 0 Å². The zero-order valence-corrected chi connectivity index (χ0v) is 12.1. The summed E-state index contributed by atoms with van der Waals surface area (Å²) in [6.45, 7) is 4.22. The predicted octanol–water partition coefficient (Wildman–Crippen LogP) is 3.54. The molecule has 0 bridgehead atoms. The van der Waals surface area contributed by atoms with Crippen LogP contribution in [0.25, 0.3) is 0 Å². The molecule has 0 fully saturated rings. The van der Waals surface area contributed by atoms with Crippen molar-refractivity contribution in [2.75, 3.05) is 0 Å². The van der Waals surface area contributed by atoms with Gasteiger partial charge in [-0.3, -0.25) is 4.79 Å². The van der Waals surface area contributed by atoms with Gasteiger partial charge in [0.05, 0.1) is 11.7 Å². The van der Waals surface area contributed by atoms with Gasteiger partial charge in [0.15, 0.2) is 0 Å². The van der Waals surface area contributed by atoms with Gasteiger partial charge in [0.25, 0.3) is 5.91 Å². The van der Waals surface area contributed by atoms with E-state index in [1.165, 1.54) is 12.1 Å². The van der Waals surface area contributed by atoms with Crippen LogP contribution in [0.15, 0.2) is 48.5 Å². The van der Waals surface area contributed by atoms with Crippen LogP contribution < -0.4 is 10.1 Å². The van der Waals surface area contributed by atoms with Crippen LogP contribution >= 0.6 is 0 Å². The third-order valence-electron chi connectivity index (χ3n) is 2.84. The minimum absolute atomic E-state index is 0.0482. The lowest BCUT2D eigenvalue weighted by Gasteiger charge is -2.11. The van der Waals surface area contributed by atoms with Crippen molar-refractivity contribution in [3.63, 3.8) is 0 Å². The summed E-state index contributed by atoms with van der Waals surface area (Å²) in [5.41, 5.74) is 0.949. The first-order valence-electron chi connectivity index (χ1n) is 6.84. The maximum Gasteiger partial charge on any atom is 0.254 e. The second kappa shape index (κ2) is 6.88. The lowest BCUT2D eigenvalue weighted by atomic mass is 10.1. The summed E-state index contributed by atoms with van der Waals surface area (Å²) in [7, 11) is 0. The lowest BCUT2D eigenvalue weighted by Crippen LogP contribution is -2.23. The van der Waals surface area contributed by atoms with Gasteiger partial charge in [0.2, 0.25) is 0 Å². The highest BCUT2D eigenvalue weighted by atomic mass is 19.1. The van der Waals surface area contributed by atoms with E-state index in [1.807, 2.05) is 38.1 Å². The van der Waals surface area contributed by atoms with Crippen molar-refractivity contribution in [2.45, 2.75) is 26.5 Å². The summed E-state index contributed by atoms with van der Waals surface area (Å²) in [6.07, 6.45) is 0.0910. The molecule has 21 heavy (non-hydrogen) atoms. The van der Waals surface area contributed by atoms with E-state index in [9.17, 15) is 9.18 Å². The Morgan fingerprint density at radius 2 is 1.95 bits per heavy atom. The van der Waals surface area contributed by atoms with Crippen LogP contribution in [0.1, 0.15) is 29.8 Å². The number of hydrogen-bond donors (Lipinski definition) is 1. The molecule has 0 aliphatic heterocycles. The number of carbonyl (C=O) groups excluding carboxylic acids is 1. The molecule has 2 rings (SSSR count). The number of carbonyl (C=O) groups is 1. The molecule has 4 heteroatoms. The smallest absolute Gasteiger partial charge is 0.254 e. The van der Waals surface area contributed by atoms with E-state index >= 15 is 0 Å². The summed E-state index contributed by atoms with van der Waals surface area (Å²) in [5, 5.41) is 2.70. The SMILES string of the molecule is CC(C)Oc1cccc(CNC(=O)c2ccccc2F)c1. The second-order valence-corrected chi connectivity index (χ2v) is 4.98. The molecule has 2 aromatic rings. The first kappa shape index (κ1) is 15.0. The minimum Gasteiger partial charge on any atom is -0.491 e. The Labute approximate surface area is 123 Å². The molecule has 0 aliphatic rings. The molecule has 1 amide bonds. The third kappa shape index (κ3) is 4.31. The number of amides is 1. The van der Waals surface area contributed by atoms with E-state index in [2.05, 4.69) is 5.32 Å². The Kier molecular flexibility index (Phi) is 4.93. The van der Waals surface area contributed by atoms with Crippen LogP contribution in [0, 0.1) is 5.82 Å². The second-order valence-electron chi connectivity index (χ2n) is 4.98. The van der Waals surface area contributed by atoms with Crippen LogP contribution in [0.5, 0.6) is 5.75 Å². The molecule has 110 valence electrons. The fourth-order valence-electron chi connectivity index (χ4n) is 1.92. The van der Waals surface area contributed by atoms with Crippen LogP contribution in [0.2, 0.25) is 0 Å². The highest BCUT2D eigenvalue weighted by Crippen LogP contribution is 2.15. The molecule has 0 radical (unpaired) electrons. The molecule has 0 unspecified atom stereocenters. The normalized spacial score (nSPS) is 10.5. The van der Waals surface area contributed by atoms with Crippen molar-refractivity contribution in [3.05, 3.63) is 65.5 Å². The van der Waals surface area contributed by atoms with Gasteiger partial charge in [0.1, 0.15) is 11.6 Å². The van der Waals surface area contributed by atoms with Gasteiger partial charge in [0, 0.05) is 6.54 Å². The predicted molar refractivity (Wildman–Crippen MR) is 79.8 cm³/mol. The van der Waals surface area contributed by atoms with Gasteiger partial charge in [-0.05, 0) is 43.7 Å². The summed E-state index contributed by atoms with van der Waals surface area (Å²) in [4.78, 5) is 11.9. The van der Waals surface area contributed by atoms with Crippen molar-refractivity contribution < 1.29 is 13.9 Å². The van der Waals surface area contributed by atoms with E-state index in [4.69, 9.17) is 4.74 Å². The first-order valence-corrected chi connectivity index (χ1v) is 6.84. The Morgan fingerprint density at radius 1 is 1.19 bits per heavy atom. The Morgan fingerprint density at radius 3 is 2.67 bits per heavy atom. The Bertz CT molecular complexity index is 626. The lowest BCUT2D eigenvalue weighted by molar-refractivity contribution is 0.0946. The summed E-state index contributed by atoms with van der Waals surface area (Å²) in [5.74, 6) is -0.196. The van der Waals surface area contributed by atoms with Gasteiger partial charge in [-0.1, -0.05) is 24.3 Å². The maximum absolute atomic E-state index is 13.5. The largest absolute Gasteiger partial charge is 0.491 e. The standard InChI is InChI=1S/C17H18FNO2/c1-12(2)21-14-7-5-6-13(10-14)11-19-17(20)15-8-3-4-9-16(15)18/h3-10,12H,11H2,1-2H3,(H,19,20). The zero-order chi connectivity index (χ0) is 15.2. The fourth-order valence-corrected chi connectivity index (χ4v) is 1.92. The van der Waals surface area contributed by atoms with Gasteiger partial charge in [-0.2, -0.15) is 0 Å². The molecule has 0 aliphatic carbocycles. The average molecular weight is 287 g/mol. The zero-order valence-electron chi connectivity index (χ0n) is 12.1. The van der Waals surface area contributed by atoms with Gasteiger partial charge in [-0.25, -0.2) is 4.39 Å². The van der Waals surface area contributed by atoms with Crippen molar-refractivity contribution in [1.29, 1.82) is 0 Å². The first-order chi connectivity index (χ1) is 10.1. The Hall–Kier alpha value is -2.36. The summed E-state index contributed by atoms with van der Waals surface area (Å²) < 4.78 is 19.1. The van der Waals surface area contributed by atoms with E-state index in [0.29, 0.717) is 6.54 Å². The quantitative estimate of drug-likeness (QED) is 0.913. The summed E-state index contributed by atoms with van der Waals surface area (Å²) >= 11 is 0. The maximum atomic E-state index is 13.5. The van der Waals surface area contributed by atoms with Crippen molar-refractivity contribution in [3.8, 4) is 5.75 Å². The average Bonchev–Trinajstić information content (AvgIpc) is 2.45. The number of benzene rings is 2. The highest BCUT2D eigenvalue weighted by Gasteiger charge is 2.10. The van der Waals surface area contributed by atoms with Crippen molar-refractivity contribution >= 4 is 5.91 Å². The van der Waals surface area contributed by atoms with Crippen LogP contribution in [-0.4, -0.2) is 12.0 Å². The number of ether oxygens (including phenoxy) is 1. The van der Waals surface area contributed by atoms with Crippen LogP contribution in [-0.2, 0) is 6.54 Å². The molecule has 0 aromatic heterocycles. The topological polar surface area (TPSA) is 38.3 Å². The summed E-state index contributed by atoms with van der Waals surface area (Å²) in [6, 6.07) is 13.4. The third-order valence-corrected chi connectivity index (χ3v) is 2.84. The van der Waals surface area contributed by atoms with Crippen LogP contribution in [0.4, 0.5) is 4.39 Å². The highest BCUT2D eigenvalue weighted by molar-refractivity contribution is 5.94. The van der Waals surface area contributed by atoms with Gasteiger partial charge < -0.3 is 10.1 Å². The molecule has 1 N–H and O–H groups in total. The molecular weight excluding hydrogens is 269 g/mol. The molecule has 0 heterocycles. The Balaban J connectivity index is 2.00. The van der Waals surface area contributed by atoms with Crippen molar-refractivity contribution in [2.24, 2.45) is 0 Å². The number of nitrogens with one attached hydrogen (secondary N) is 1. The molecule has 3 nitrogen and oxygen atoms in total. The molecular formula is C17H18FNO2. The fraction of sp³-hybridized carbons (Fsp3) is 0.235. The molecule has 0 atom stereocenters. The molecule has 0 spiro atoms. The number of rotatable bonds is 5. The van der Waals surface area contributed by atoms with E-state index in [0.717, 1.165) is 11.3 Å². The number of halogens is 1. The van der Waals surface area contributed by atoms with Gasteiger partial charge in [-0.15, -0.1) is 0 Å². The minimum atomic E-state index is -0.521. The molecule has 0 saturated carbocycles. The monoisotopic (exact) mass is 287 g/mol. The molecule has 2 aromatic carbocycles. The van der Waals surface area contributed by atoms with E-state index in [1.54, 1.807) is 12.1 Å².